The first-order chi connectivity index (χ1) is 21.0. The lowest BCUT2D eigenvalue weighted by Gasteiger charge is -2.14. The molecule has 0 aliphatic heterocycles. The number of fused-ring (bicyclic) bond motifs is 1. The average Bonchev–Trinajstić information content (AvgIpc) is 3.00. The Hall–Kier alpha value is -4.79. The number of nitrogens with one attached hydrogen (secondary N) is 1. The maximum absolute atomic E-state index is 13.5. The molecule has 0 atom stereocenters. The summed E-state index contributed by atoms with van der Waals surface area (Å²) in [6.45, 7) is -0.365. The van der Waals surface area contributed by atoms with Gasteiger partial charge in [-0.15, -0.1) is 0 Å². The molecular formula is C31H21F4IN4O4. The molecule has 224 valence electrons. The van der Waals surface area contributed by atoms with E-state index in [-0.39, 0.29) is 34.9 Å². The molecule has 5 rings (SSSR count). The molecule has 0 saturated heterocycles. The van der Waals surface area contributed by atoms with E-state index < -0.39 is 29.0 Å². The molecule has 0 fully saturated rings. The van der Waals surface area contributed by atoms with E-state index in [9.17, 15) is 27.2 Å². The van der Waals surface area contributed by atoms with Gasteiger partial charge in [0, 0.05) is 11.3 Å². The van der Waals surface area contributed by atoms with Crippen LogP contribution in [0.15, 0.2) is 94.8 Å². The van der Waals surface area contributed by atoms with Gasteiger partial charge in [-0.1, -0.05) is 24.3 Å². The van der Waals surface area contributed by atoms with Gasteiger partial charge in [0.2, 0.25) is 0 Å². The van der Waals surface area contributed by atoms with Gasteiger partial charge < -0.3 is 14.8 Å². The summed E-state index contributed by atoms with van der Waals surface area (Å²) < 4.78 is 66.1. The number of rotatable bonds is 8. The highest BCUT2D eigenvalue weighted by Gasteiger charge is 2.31. The minimum atomic E-state index is -4.60. The number of carbonyl (C=O) groups excluding carboxylic acids is 1. The summed E-state index contributed by atoms with van der Waals surface area (Å²) in [6, 6.07) is 19.4. The fraction of sp³-hybridized carbons (Fsp3) is 0.0968. The highest BCUT2D eigenvalue weighted by atomic mass is 127. The zero-order chi connectivity index (χ0) is 31.4. The van der Waals surface area contributed by atoms with Gasteiger partial charge in [0.25, 0.3) is 11.5 Å². The second-order valence-corrected chi connectivity index (χ2v) is 10.4. The quantitative estimate of drug-likeness (QED) is 0.109. The summed E-state index contributed by atoms with van der Waals surface area (Å²) in [4.78, 5) is 30.3. The van der Waals surface area contributed by atoms with E-state index in [0.717, 1.165) is 16.8 Å². The lowest BCUT2D eigenvalue weighted by atomic mass is 10.1. The van der Waals surface area contributed by atoms with Gasteiger partial charge in [-0.2, -0.15) is 22.9 Å². The average molecular weight is 716 g/mol. The first kappa shape index (κ1) is 30.7. The number of halogens is 5. The van der Waals surface area contributed by atoms with Crippen LogP contribution >= 0.6 is 22.6 Å². The second kappa shape index (κ2) is 12.8. The van der Waals surface area contributed by atoms with Crippen molar-refractivity contribution in [2.45, 2.75) is 6.18 Å². The molecular weight excluding hydrogens is 695 g/mol. The maximum atomic E-state index is 13.5. The molecule has 0 bridgehead atoms. The molecule has 5 aromatic rings. The first-order valence-corrected chi connectivity index (χ1v) is 13.9. The van der Waals surface area contributed by atoms with Crippen molar-refractivity contribution in [2.75, 3.05) is 19.0 Å². The number of amides is 1. The van der Waals surface area contributed by atoms with Crippen molar-refractivity contribution in [3.8, 4) is 22.9 Å². The SMILES string of the molecule is COc1cc(C=Nn2c(-c3cccc(C(F)(F)F)c3)nc3ccccc3c2=O)cc(I)c1OCC(=O)Nc1ccc(F)cc1. The number of nitrogens with zero attached hydrogens (tertiary/aromatic N) is 3. The monoisotopic (exact) mass is 716 g/mol. The summed E-state index contributed by atoms with van der Waals surface area (Å²) >= 11 is 1.98. The largest absolute Gasteiger partial charge is 0.493 e. The van der Waals surface area contributed by atoms with Crippen molar-refractivity contribution in [2.24, 2.45) is 5.10 Å². The molecule has 0 unspecified atom stereocenters. The molecule has 4 aromatic carbocycles. The third-order valence-corrected chi connectivity index (χ3v) is 7.05. The molecule has 0 radical (unpaired) electrons. The molecule has 1 aromatic heterocycles. The highest BCUT2D eigenvalue weighted by Crippen LogP contribution is 2.34. The number of carbonyl (C=O) groups is 1. The van der Waals surface area contributed by atoms with E-state index >= 15 is 0 Å². The first-order valence-electron chi connectivity index (χ1n) is 12.8. The van der Waals surface area contributed by atoms with E-state index in [1.165, 1.54) is 49.7 Å². The normalized spacial score (nSPS) is 11.6. The molecule has 13 heteroatoms. The maximum Gasteiger partial charge on any atom is 0.416 e. The molecule has 0 saturated carbocycles. The van der Waals surface area contributed by atoms with Crippen LogP contribution in [0.3, 0.4) is 0 Å². The Morgan fingerprint density at radius 3 is 2.52 bits per heavy atom. The smallest absolute Gasteiger partial charge is 0.416 e. The number of aromatic nitrogens is 2. The predicted octanol–water partition coefficient (Wildman–Crippen LogP) is 6.73. The van der Waals surface area contributed by atoms with Crippen molar-refractivity contribution < 1.29 is 31.8 Å². The van der Waals surface area contributed by atoms with Crippen LogP contribution in [-0.2, 0) is 11.0 Å². The highest BCUT2D eigenvalue weighted by molar-refractivity contribution is 14.1. The summed E-state index contributed by atoms with van der Waals surface area (Å²) in [5.74, 6) is -0.463. The van der Waals surface area contributed by atoms with Crippen LogP contribution < -0.4 is 20.3 Å². The van der Waals surface area contributed by atoms with Gasteiger partial charge in [0.05, 0.1) is 33.4 Å². The van der Waals surface area contributed by atoms with Crippen LogP contribution in [0.1, 0.15) is 11.1 Å². The molecule has 8 nitrogen and oxygen atoms in total. The topological polar surface area (TPSA) is 94.8 Å². The Morgan fingerprint density at radius 1 is 1.05 bits per heavy atom. The zero-order valence-corrected chi connectivity index (χ0v) is 24.9. The van der Waals surface area contributed by atoms with Gasteiger partial charge in [-0.05, 0) is 88.8 Å². The number of para-hydroxylation sites is 1. The molecule has 44 heavy (non-hydrogen) atoms. The van der Waals surface area contributed by atoms with Crippen LogP contribution in [0.2, 0.25) is 0 Å². The molecule has 1 N–H and O–H groups in total. The van der Waals surface area contributed by atoms with Crippen LogP contribution in [0.5, 0.6) is 11.5 Å². The summed E-state index contributed by atoms with van der Waals surface area (Å²) in [5.41, 5.74) is -0.255. The molecule has 0 aliphatic carbocycles. The van der Waals surface area contributed by atoms with Crippen LogP contribution in [0.4, 0.5) is 23.2 Å². The molecule has 1 heterocycles. The van der Waals surface area contributed by atoms with Crippen LogP contribution in [0.25, 0.3) is 22.3 Å². The van der Waals surface area contributed by atoms with Crippen molar-refractivity contribution in [3.63, 3.8) is 0 Å². The number of alkyl halides is 3. The van der Waals surface area contributed by atoms with E-state index in [1.807, 2.05) is 22.6 Å². The van der Waals surface area contributed by atoms with Crippen LogP contribution in [-0.4, -0.2) is 35.5 Å². The Kier molecular flexibility index (Phi) is 8.94. The lowest BCUT2D eigenvalue weighted by Crippen LogP contribution is -2.21. The van der Waals surface area contributed by atoms with E-state index in [4.69, 9.17) is 9.47 Å². The Balaban J connectivity index is 1.46. The van der Waals surface area contributed by atoms with Crippen LogP contribution in [0, 0.1) is 9.39 Å². The number of anilines is 1. The number of methoxy groups -OCH3 is 1. The Labute approximate surface area is 261 Å². The van der Waals surface area contributed by atoms with Gasteiger partial charge in [-0.3, -0.25) is 9.59 Å². The number of benzene rings is 4. The summed E-state index contributed by atoms with van der Waals surface area (Å²) in [7, 11) is 1.40. The molecule has 0 aliphatic rings. The second-order valence-electron chi connectivity index (χ2n) is 9.27. The van der Waals surface area contributed by atoms with Crippen molar-refractivity contribution >= 4 is 51.3 Å². The van der Waals surface area contributed by atoms with Gasteiger partial charge in [0.15, 0.2) is 23.9 Å². The summed E-state index contributed by atoms with van der Waals surface area (Å²) in [5, 5.41) is 7.14. The summed E-state index contributed by atoms with van der Waals surface area (Å²) in [6.07, 6.45) is -3.26. The van der Waals surface area contributed by atoms with E-state index in [0.29, 0.717) is 20.3 Å². The standard InChI is InChI=1S/C31H21F4IN4O4/c1-43-26-14-18(13-24(36)28(26)44-17-27(41)38-22-11-9-21(32)10-12-22)16-37-40-29(19-5-4-6-20(15-19)31(33,34)35)39-25-8-3-2-7-23(25)30(40)42/h2-16H,17H2,1H3,(H,38,41). The van der Waals surface area contributed by atoms with Crippen molar-refractivity contribution in [3.05, 3.63) is 116 Å². The van der Waals surface area contributed by atoms with E-state index in [2.05, 4.69) is 15.4 Å². The Bertz CT molecular complexity index is 1940. The van der Waals surface area contributed by atoms with Gasteiger partial charge in [0.1, 0.15) is 5.82 Å². The lowest BCUT2D eigenvalue weighted by molar-refractivity contribution is -0.137. The van der Waals surface area contributed by atoms with E-state index in [1.54, 1.807) is 36.4 Å². The zero-order valence-electron chi connectivity index (χ0n) is 22.7. The minimum Gasteiger partial charge on any atom is -0.493 e. The third-order valence-electron chi connectivity index (χ3n) is 6.25. The number of hydrogen-bond acceptors (Lipinski definition) is 6. The van der Waals surface area contributed by atoms with Crippen molar-refractivity contribution in [1.82, 2.24) is 9.66 Å². The fourth-order valence-electron chi connectivity index (χ4n) is 4.20. The van der Waals surface area contributed by atoms with Gasteiger partial charge in [-0.25, -0.2) is 9.37 Å². The van der Waals surface area contributed by atoms with Gasteiger partial charge >= 0.3 is 6.18 Å². The minimum absolute atomic E-state index is 0.0506. The molecule has 0 spiro atoms. The number of hydrogen-bond donors (Lipinski definition) is 1. The fourth-order valence-corrected chi connectivity index (χ4v) is 4.98. The molecule has 1 amide bonds. The number of ether oxygens (including phenoxy) is 2. The third kappa shape index (κ3) is 6.88. The predicted molar refractivity (Wildman–Crippen MR) is 166 cm³/mol. The Morgan fingerprint density at radius 2 is 1.80 bits per heavy atom. The van der Waals surface area contributed by atoms with Crippen molar-refractivity contribution in [1.29, 1.82) is 0 Å².